The molecule has 0 aliphatic heterocycles. The van der Waals surface area contributed by atoms with E-state index in [0.29, 0.717) is 11.1 Å². The zero-order valence-corrected chi connectivity index (χ0v) is 7.13. The van der Waals surface area contributed by atoms with E-state index in [-0.39, 0.29) is 17.6 Å². The van der Waals surface area contributed by atoms with Crippen molar-refractivity contribution in [3.8, 4) is 5.75 Å². The highest BCUT2D eigenvalue weighted by atomic mass is 19.1. The van der Waals surface area contributed by atoms with E-state index in [1.807, 2.05) is 0 Å². The van der Waals surface area contributed by atoms with Gasteiger partial charge in [-0.2, -0.15) is 0 Å². The minimum Gasteiger partial charge on any atom is -0.507 e. The van der Waals surface area contributed by atoms with Crippen molar-refractivity contribution in [2.24, 2.45) is 5.73 Å². The lowest BCUT2D eigenvalue weighted by molar-refractivity contribution is 0.456. The number of aryl methyl sites for hydroxylation is 1. The summed E-state index contributed by atoms with van der Waals surface area (Å²) in [7, 11) is 0. The van der Waals surface area contributed by atoms with Crippen LogP contribution in [0.2, 0.25) is 0 Å². The van der Waals surface area contributed by atoms with Crippen LogP contribution < -0.4 is 5.73 Å². The van der Waals surface area contributed by atoms with Crippen LogP contribution in [-0.2, 0) is 0 Å². The summed E-state index contributed by atoms with van der Waals surface area (Å²) in [6.45, 7) is 3.35. The van der Waals surface area contributed by atoms with E-state index in [2.05, 4.69) is 0 Å². The molecule has 3 N–H and O–H groups in total. The molecule has 0 aliphatic carbocycles. The van der Waals surface area contributed by atoms with Gasteiger partial charge >= 0.3 is 0 Å². The highest BCUT2D eigenvalue weighted by Gasteiger charge is 2.09. The van der Waals surface area contributed by atoms with Gasteiger partial charge in [-0.25, -0.2) is 4.39 Å². The highest BCUT2D eigenvalue weighted by molar-refractivity contribution is 5.41. The van der Waals surface area contributed by atoms with Crippen LogP contribution in [0.25, 0.3) is 0 Å². The van der Waals surface area contributed by atoms with Crippen molar-refractivity contribution in [2.45, 2.75) is 19.9 Å². The summed E-state index contributed by atoms with van der Waals surface area (Å²) in [4.78, 5) is 0. The lowest BCUT2D eigenvalue weighted by Gasteiger charge is -2.10. The number of aromatic hydroxyl groups is 1. The Kier molecular flexibility index (Phi) is 2.33. The van der Waals surface area contributed by atoms with Crippen molar-refractivity contribution in [2.75, 3.05) is 0 Å². The molecular formula is C9H12FNO. The molecule has 0 amide bonds. The van der Waals surface area contributed by atoms with Crippen molar-refractivity contribution in [1.29, 1.82) is 0 Å². The fourth-order valence-electron chi connectivity index (χ4n) is 1.11. The van der Waals surface area contributed by atoms with Gasteiger partial charge in [0.05, 0.1) is 0 Å². The molecule has 2 nitrogen and oxygen atoms in total. The molecule has 3 heteroatoms. The van der Waals surface area contributed by atoms with E-state index in [9.17, 15) is 9.50 Å². The Morgan fingerprint density at radius 2 is 2.08 bits per heavy atom. The zero-order chi connectivity index (χ0) is 9.30. The minimum atomic E-state index is -0.363. The lowest BCUT2D eigenvalue weighted by atomic mass is 10.0. The van der Waals surface area contributed by atoms with Gasteiger partial charge in [0.1, 0.15) is 11.6 Å². The van der Waals surface area contributed by atoms with Gasteiger partial charge in [-0.3, -0.25) is 0 Å². The van der Waals surface area contributed by atoms with E-state index in [1.165, 1.54) is 12.1 Å². The Morgan fingerprint density at radius 1 is 1.50 bits per heavy atom. The van der Waals surface area contributed by atoms with Crippen molar-refractivity contribution in [3.05, 3.63) is 29.1 Å². The molecule has 1 atom stereocenters. The molecule has 0 fully saturated rings. The third-order valence-electron chi connectivity index (χ3n) is 1.79. The third-order valence-corrected chi connectivity index (χ3v) is 1.79. The van der Waals surface area contributed by atoms with E-state index in [1.54, 1.807) is 13.8 Å². The molecule has 1 rings (SSSR count). The molecule has 0 radical (unpaired) electrons. The lowest BCUT2D eigenvalue weighted by Crippen LogP contribution is -2.06. The molecule has 0 aromatic heterocycles. The summed E-state index contributed by atoms with van der Waals surface area (Å²) < 4.78 is 12.8. The van der Waals surface area contributed by atoms with Crippen molar-refractivity contribution in [3.63, 3.8) is 0 Å². The van der Waals surface area contributed by atoms with Gasteiger partial charge in [0.15, 0.2) is 0 Å². The van der Waals surface area contributed by atoms with E-state index < -0.39 is 0 Å². The highest BCUT2D eigenvalue weighted by Crippen LogP contribution is 2.27. The van der Waals surface area contributed by atoms with Gasteiger partial charge in [0, 0.05) is 11.6 Å². The fraction of sp³-hybridized carbons (Fsp3) is 0.333. The summed E-state index contributed by atoms with van der Waals surface area (Å²) >= 11 is 0. The molecule has 12 heavy (non-hydrogen) atoms. The average Bonchev–Trinajstić information content (AvgIpc) is 1.96. The molecule has 0 bridgehead atoms. The smallest absolute Gasteiger partial charge is 0.124 e. The molecule has 0 saturated carbocycles. The van der Waals surface area contributed by atoms with Crippen molar-refractivity contribution >= 4 is 0 Å². The number of rotatable bonds is 1. The molecule has 1 aromatic carbocycles. The van der Waals surface area contributed by atoms with Crippen molar-refractivity contribution in [1.82, 2.24) is 0 Å². The Balaban J connectivity index is 3.28. The molecule has 0 aliphatic rings. The number of halogens is 1. The van der Waals surface area contributed by atoms with Gasteiger partial charge in [-0.1, -0.05) is 0 Å². The quantitative estimate of drug-likeness (QED) is 0.674. The Hall–Kier alpha value is -1.09. The molecule has 1 unspecified atom stereocenters. The van der Waals surface area contributed by atoms with E-state index in [4.69, 9.17) is 5.73 Å². The standard InChI is InChI=1S/C9H12FNO/c1-5-3-7(10)4-8(6(2)11)9(5)12/h3-4,6,12H,11H2,1-2H3. The number of benzene rings is 1. The number of nitrogens with two attached hydrogens (primary N) is 1. The maximum atomic E-state index is 12.8. The Bertz CT molecular complexity index is 297. The summed E-state index contributed by atoms with van der Waals surface area (Å²) in [6, 6.07) is 2.19. The SMILES string of the molecule is Cc1cc(F)cc(C(C)N)c1O. The summed E-state index contributed by atoms with van der Waals surface area (Å²) in [6.07, 6.45) is 0. The first kappa shape index (κ1) is 9.00. The van der Waals surface area contributed by atoms with Gasteiger partial charge in [0.2, 0.25) is 0 Å². The predicted octanol–water partition coefficient (Wildman–Crippen LogP) is 1.86. The van der Waals surface area contributed by atoms with Crippen LogP contribution in [0.4, 0.5) is 4.39 Å². The monoisotopic (exact) mass is 169 g/mol. The van der Waals surface area contributed by atoms with Crippen LogP contribution in [0.5, 0.6) is 5.75 Å². The second-order valence-electron chi connectivity index (χ2n) is 2.95. The predicted molar refractivity (Wildman–Crippen MR) is 45.4 cm³/mol. The van der Waals surface area contributed by atoms with Gasteiger partial charge in [-0.15, -0.1) is 0 Å². The topological polar surface area (TPSA) is 46.2 Å². The normalized spacial score (nSPS) is 13.0. The molecular weight excluding hydrogens is 157 g/mol. The van der Waals surface area contributed by atoms with E-state index >= 15 is 0 Å². The number of hydrogen-bond donors (Lipinski definition) is 2. The molecule has 0 saturated heterocycles. The number of phenols is 1. The van der Waals surface area contributed by atoms with Crippen LogP contribution >= 0.6 is 0 Å². The molecule has 1 aromatic rings. The van der Waals surface area contributed by atoms with Crippen LogP contribution in [0.1, 0.15) is 24.1 Å². The van der Waals surface area contributed by atoms with Gasteiger partial charge in [-0.05, 0) is 31.5 Å². The maximum absolute atomic E-state index is 12.8. The molecule has 0 spiro atoms. The van der Waals surface area contributed by atoms with Crippen LogP contribution in [0, 0.1) is 12.7 Å². The Labute approximate surface area is 70.8 Å². The number of phenolic OH excluding ortho intramolecular Hbond substituents is 1. The number of hydrogen-bond acceptors (Lipinski definition) is 2. The summed E-state index contributed by atoms with van der Waals surface area (Å²) in [5.41, 5.74) is 6.49. The van der Waals surface area contributed by atoms with Crippen LogP contribution in [0.15, 0.2) is 12.1 Å². The zero-order valence-electron chi connectivity index (χ0n) is 7.13. The average molecular weight is 169 g/mol. The molecule has 66 valence electrons. The third kappa shape index (κ3) is 1.56. The first-order valence-corrected chi connectivity index (χ1v) is 3.77. The largest absolute Gasteiger partial charge is 0.507 e. The van der Waals surface area contributed by atoms with Gasteiger partial charge < -0.3 is 10.8 Å². The van der Waals surface area contributed by atoms with Crippen molar-refractivity contribution < 1.29 is 9.50 Å². The molecule has 0 heterocycles. The summed E-state index contributed by atoms with van der Waals surface area (Å²) in [5, 5.41) is 9.45. The first-order valence-electron chi connectivity index (χ1n) is 3.77. The van der Waals surface area contributed by atoms with Crippen LogP contribution in [0.3, 0.4) is 0 Å². The maximum Gasteiger partial charge on any atom is 0.124 e. The van der Waals surface area contributed by atoms with E-state index in [0.717, 1.165) is 0 Å². The summed E-state index contributed by atoms with van der Waals surface area (Å²) in [5.74, 6) is -0.274. The second-order valence-corrected chi connectivity index (χ2v) is 2.95. The second kappa shape index (κ2) is 3.11. The van der Waals surface area contributed by atoms with Gasteiger partial charge in [0.25, 0.3) is 0 Å². The fourth-order valence-corrected chi connectivity index (χ4v) is 1.11. The first-order chi connectivity index (χ1) is 5.52. The Morgan fingerprint density at radius 3 is 2.58 bits per heavy atom. The minimum absolute atomic E-state index is 0.0893. The van der Waals surface area contributed by atoms with Crippen LogP contribution in [-0.4, -0.2) is 5.11 Å².